The number of amides is 1. The summed E-state index contributed by atoms with van der Waals surface area (Å²) in [5.41, 5.74) is 0. The fourth-order valence-electron chi connectivity index (χ4n) is 4.33. The van der Waals surface area contributed by atoms with E-state index in [0.29, 0.717) is 18.0 Å². The largest absolute Gasteiger partial charge is 0.381 e. The lowest BCUT2D eigenvalue weighted by molar-refractivity contribution is -0.140. The Labute approximate surface area is 122 Å². The first-order valence-corrected chi connectivity index (χ1v) is 8.43. The van der Waals surface area contributed by atoms with Crippen LogP contribution in [-0.4, -0.2) is 60.6 Å². The fourth-order valence-corrected chi connectivity index (χ4v) is 4.33. The van der Waals surface area contributed by atoms with Crippen LogP contribution in [0, 0.1) is 5.92 Å². The van der Waals surface area contributed by atoms with Crippen LogP contribution in [0.15, 0.2) is 0 Å². The number of carbonyl (C=O) groups excluding carboxylic acids is 1. The summed E-state index contributed by atoms with van der Waals surface area (Å²) in [6.45, 7) is 7.10. The summed E-state index contributed by atoms with van der Waals surface area (Å²) in [6.07, 6.45) is 6.81. The lowest BCUT2D eigenvalue weighted by Crippen LogP contribution is -2.50. The molecule has 0 aliphatic carbocycles. The Morgan fingerprint density at radius 1 is 1.05 bits per heavy atom. The number of nitrogens with zero attached hydrogens (tertiary/aromatic N) is 2. The average molecular weight is 280 g/mol. The number of likely N-dealkylation sites (tertiary alicyclic amines) is 2. The van der Waals surface area contributed by atoms with E-state index in [1.54, 1.807) is 0 Å². The molecule has 0 saturated carbocycles. The van der Waals surface area contributed by atoms with E-state index in [1.165, 1.54) is 32.2 Å². The van der Waals surface area contributed by atoms with Crippen molar-refractivity contribution in [1.29, 1.82) is 0 Å². The van der Waals surface area contributed by atoms with Gasteiger partial charge in [-0.2, -0.15) is 0 Å². The summed E-state index contributed by atoms with van der Waals surface area (Å²) >= 11 is 0. The molecule has 0 unspecified atom stereocenters. The standard InChI is InChI=1S/C16H28N2O2/c1-2-17-9-3-5-14(17)15-6-4-10-18(15)16(19)13-7-11-20-12-8-13/h13-15H,2-12H2,1H3/t14-,15-/m1/s1. The third kappa shape index (κ3) is 2.73. The molecule has 0 bridgehead atoms. The van der Waals surface area contributed by atoms with Crippen molar-refractivity contribution < 1.29 is 9.53 Å². The number of hydrogen-bond donors (Lipinski definition) is 0. The van der Waals surface area contributed by atoms with E-state index in [1.807, 2.05) is 0 Å². The Balaban J connectivity index is 1.66. The molecular weight excluding hydrogens is 252 g/mol. The number of likely N-dealkylation sites (N-methyl/N-ethyl adjacent to an activating group) is 1. The van der Waals surface area contributed by atoms with Crippen molar-refractivity contribution >= 4 is 5.91 Å². The van der Waals surface area contributed by atoms with Crippen LogP contribution in [0.4, 0.5) is 0 Å². The van der Waals surface area contributed by atoms with Crippen molar-refractivity contribution in [3.63, 3.8) is 0 Å². The Morgan fingerprint density at radius 3 is 2.50 bits per heavy atom. The molecule has 3 saturated heterocycles. The molecule has 3 rings (SSSR count). The van der Waals surface area contributed by atoms with Crippen LogP contribution < -0.4 is 0 Å². The highest BCUT2D eigenvalue weighted by atomic mass is 16.5. The van der Waals surface area contributed by atoms with E-state index in [4.69, 9.17) is 4.74 Å². The second kappa shape index (κ2) is 6.44. The second-order valence-electron chi connectivity index (χ2n) is 6.47. The van der Waals surface area contributed by atoms with E-state index in [0.717, 1.165) is 39.1 Å². The lowest BCUT2D eigenvalue weighted by atomic mass is 9.96. The third-order valence-corrected chi connectivity index (χ3v) is 5.42. The molecule has 0 spiro atoms. The minimum absolute atomic E-state index is 0.223. The topological polar surface area (TPSA) is 32.8 Å². The van der Waals surface area contributed by atoms with Crippen LogP contribution in [0.25, 0.3) is 0 Å². The van der Waals surface area contributed by atoms with Crippen LogP contribution in [0.2, 0.25) is 0 Å². The average Bonchev–Trinajstić information content (AvgIpc) is 3.15. The molecule has 3 aliphatic heterocycles. The van der Waals surface area contributed by atoms with Gasteiger partial charge in [0.15, 0.2) is 0 Å². The molecule has 0 N–H and O–H groups in total. The maximum absolute atomic E-state index is 12.8. The van der Waals surface area contributed by atoms with Crippen molar-refractivity contribution in [3.8, 4) is 0 Å². The molecule has 4 nitrogen and oxygen atoms in total. The zero-order valence-electron chi connectivity index (χ0n) is 12.7. The third-order valence-electron chi connectivity index (χ3n) is 5.42. The highest BCUT2D eigenvalue weighted by Gasteiger charge is 2.40. The Morgan fingerprint density at radius 2 is 1.75 bits per heavy atom. The van der Waals surface area contributed by atoms with Gasteiger partial charge in [0, 0.05) is 37.8 Å². The molecule has 1 amide bonds. The van der Waals surface area contributed by atoms with Gasteiger partial charge in [0.1, 0.15) is 0 Å². The van der Waals surface area contributed by atoms with Gasteiger partial charge >= 0.3 is 0 Å². The quantitative estimate of drug-likeness (QED) is 0.791. The number of rotatable bonds is 3. The first kappa shape index (κ1) is 14.3. The molecule has 3 aliphatic rings. The predicted molar refractivity (Wildman–Crippen MR) is 78.5 cm³/mol. The van der Waals surface area contributed by atoms with Gasteiger partial charge in [-0.15, -0.1) is 0 Å². The summed E-state index contributed by atoms with van der Waals surface area (Å²) in [7, 11) is 0. The molecule has 0 aromatic heterocycles. The minimum atomic E-state index is 0.223. The van der Waals surface area contributed by atoms with Crippen molar-refractivity contribution in [2.75, 3.05) is 32.8 Å². The summed E-state index contributed by atoms with van der Waals surface area (Å²) in [6, 6.07) is 1.10. The van der Waals surface area contributed by atoms with Gasteiger partial charge in [-0.1, -0.05) is 6.92 Å². The highest BCUT2D eigenvalue weighted by Crippen LogP contribution is 2.32. The summed E-state index contributed by atoms with van der Waals surface area (Å²) < 4.78 is 5.39. The van der Waals surface area contributed by atoms with Crippen molar-refractivity contribution in [2.24, 2.45) is 5.92 Å². The van der Waals surface area contributed by atoms with Gasteiger partial charge in [0.25, 0.3) is 0 Å². The molecule has 0 aromatic rings. The molecule has 0 aromatic carbocycles. The zero-order chi connectivity index (χ0) is 13.9. The van der Waals surface area contributed by atoms with Gasteiger partial charge in [0.2, 0.25) is 5.91 Å². The van der Waals surface area contributed by atoms with Crippen molar-refractivity contribution in [1.82, 2.24) is 9.80 Å². The summed E-state index contributed by atoms with van der Waals surface area (Å²) in [4.78, 5) is 17.6. The Hall–Kier alpha value is -0.610. The lowest BCUT2D eigenvalue weighted by Gasteiger charge is -2.36. The van der Waals surface area contributed by atoms with Crippen molar-refractivity contribution in [3.05, 3.63) is 0 Å². The molecule has 0 radical (unpaired) electrons. The fraction of sp³-hybridized carbons (Fsp3) is 0.938. The van der Waals surface area contributed by atoms with Crippen LogP contribution in [0.5, 0.6) is 0 Å². The number of ether oxygens (including phenoxy) is 1. The van der Waals surface area contributed by atoms with Crippen LogP contribution in [0.1, 0.15) is 45.4 Å². The summed E-state index contributed by atoms with van der Waals surface area (Å²) in [5, 5.41) is 0. The van der Waals surface area contributed by atoms with Crippen LogP contribution in [0.3, 0.4) is 0 Å². The molecule has 4 heteroatoms. The zero-order valence-corrected chi connectivity index (χ0v) is 12.7. The molecule has 20 heavy (non-hydrogen) atoms. The van der Waals surface area contributed by atoms with E-state index >= 15 is 0 Å². The molecule has 3 heterocycles. The maximum atomic E-state index is 12.8. The minimum Gasteiger partial charge on any atom is -0.381 e. The smallest absolute Gasteiger partial charge is 0.226 e. The van der Waals surface area contributed by atoms with E-state index in [-0.39, 0.29) is 5.92 Å². The normalized spacial score (nSPS) is 33.0. The molecular formula is C16H28N2O2. The van der Waals surface area contributed by atoms with Gasteiger partial charge < -0.3 is 9.64 Å². The number of carbonyl (C=O) groups is 1. The summed E-state index contributed by atoms with van der Waals surface area (Å²) in [5.74, 6) is 0.639. The van der Waals surface area contributed by atoms with Gasteiger partial charge in [-0.3, -0.25) is 9.69 Å². The number of hydrogen-bond acceptors (Lipinski definition) is 3. The highest BCUT2D eigenvalue weighted by molar-refractivity contribution is 5.79. The predicted octanol–water partition coefficient (Wildman–Crippen LogP) is 1.89. The first-order valence-electron chi connectivity index (χ1n) is 8.43. The van der Waals surface area contributed by atoms with E-state index < -0.39 is 0 Å². The van der Waals surface area contributed by atoms with Gasteiger partial charge in [-0.05, 0) is 51.6 Å². The van der Waals surface area contributed by atoms with Gasteiger partial charge in [0.05, 0.1) is 0 Å². The first-order chi connectivity index (χ1) is 9.81. The van der Waals surface area contributed by atoms with E-state index in [9.17, 15) is 4.79 Å². The Kier molecular flexibility index (Phi) is 4.61. The molecule has 2 atom stereocenters. The van der Waals surface area contributed by atoms with E-state index in [2.05, 4.69) is 16.7 Å². The maximum Gasteiger partial charge on any atom is 0.226 e. The van der Waals surface area contributed by atoms with Crippen LogP contribution in [-0.2, 0) is 9.53 Å². The van der Waals surface area contributed by atoms with Crippen LogP contribution >= 0.6 is 0 Å². The van der Waals surface area contributed by atoms with Crippen molar-refractivity contribution in [2.45, 2.75) is 57.5 Å². The Bertz CT molecular complexity index is 341. The monoisotopic (exact) mass is 280 g/mol. The SMILES string of the molecule is CCN1CCC[C@@H]1[C@H]1CCCN1C(=O)C1CCOCC1. The second-order valence-corrected chi connectivity index (χ2v) is 6.47. The molecule has 114 valence electrons. The molecule has 3 fully saturated rings. The van der Waals surface area contributed by atoms with Gasteiger partial charge in [-0.25, -0.2) is 0 Å².